The van der Waals surface area contributed by atoms with Crippen molar-refractivity contribution in [2.75, 3.05) is 5.73 Å². The highest BCUT2D eigenvalue weighted by molar-refractivity contribution is 9.10. The summed E-state index contributed by atoms with van der Waals surface area (Å²) in [6.45, 7) is 0. The van der Waals surface area contributed by atoms with E-state index in [1.807, 2.05) is 6.07 Å². The Balaban J connectivity index is 2.92. The molecule has 3 heteroatoms. The maximum Gasteiger partial charge on any atom is 0.123 e. The van der Waals surface area contributed by atoms with Crippen molar-refractivity contribution in [1.29, 1.82) is 0 Å². The molecule has 13 heavy (non-hydrogen) atoms. The monoisotopic (exact) mass is 239 g/mol. The van der Waals surface area contributed by atoms with Crippen LogP contribution < -0.4 is 5.73 Å². The van der Waals surface area contributed by atoms with Crippen LogP contribution in [0.1, 0.15) is 0 Å². The fourth-order valence-electron chi connectivity index (χ4n) is 1.31. The Labute approximate surface area is 83.5 Å². The van der Waals surface area contributed by atoms with Crippen LogP contribution in [-0.2, 0) is 0 Å². The van der Waals surface area contributed by atoms with E-state index in [1.165, 1.54) is 12.1 Å². The molecule has 0 aliphatic heterocycles. The quantitative estimate of drug-likeness (QED) is 0.702. The van der Waals surface area contributed by atoms with E-state index < -0.39 is 0 Å². The molecular weight excluding hydrogens is 233 g/mol. The number of halogens is 2. The smallest absolute Gasteiger partial charge is 0.123 e. The Morgan fingerprint density at radius 3 is 2.62 bits per heavy atom. The molecule has 0 amide bonds. The van der Waals surface area contributed by atoms with Crippen molar-refractivity contribution >= 4 is 32.4 Å². The van der Waals surface area contributed by atoms with Crippen LogP contribution >= 0.6 is 15.9 Å². The van der Waals surface area contributed by atoms with Crippen molar-refractivity contribution in [3.8, 4) is 0 Å². The van der Waals surface area contributed by atoms with Gasteiger partial charge in [-0.3, -0.25) is 0 Å². The van der Waals surface area contributed by atoms with Crippen LogP contribution in [0.15, 0.2) is 34.8 Å². The SMILES string of the molecule is Nc1ccc(Br)c2ccc(F)cc12. The fraction of sp³-hybridized carbons (Fsp3) is 0. The lowest BCUT2D eigenvalue weighted by molar-refractivity contribution is 0.630. The Morgan fingerprint density at radius 2 is 1.85 bits per heavy atom. The van der Waals surface area contributed by atoms with Crippen LogP contribution in [0.4, 0.5) is 10.1 Å². The minimum Gasteiger partial charge on any atom is -0.398 e. The first-order valence-electron chi connectivity index (χ1n) is 3.82. The average molecular weight is 240 g/mol. The summed E-state index contributed by atoms with van der Waals surface area (Å²) in [7, 11) is 0. The van der Waals surface area contributed by atoms with Crippen LogP contribution in [0.3, 0.4) is 0 Å². The van der Waals surface area contributed by atoms with Crippen LogP contribution in [0.5, 0.6) is 0 Å². The number of anilines is 1. The standard InChI is InChI=1S/C10H7BrFN/c11-9-3-4-10(13)8-5-6(12)1-2-7(8)9/h1-5H,13H2. The Morgan fingerprint density at radius 1 is 1.08 bits per heavy atom. The van der Waals surface area contributed by atoms with Gasteiger partial charge in [0.05, 0.1) is 0 Å². The highest BCUT2D eigenvalue weighted by atomic mass is 79.9. The number of nitrogen functional groups attached to an aromatic ring is 1. The summed E-state index contributed by atoms with van der Waals surface area (Å²) in [4.78, 5) is 0. The molecule has 0 heterocycles. The first kappa shape index (κ1) is 8.51. The Hall–Kier alpha value is -1.09. The van der Waals surface area contributed by atoms with Gasteiger partial charge in [0.2, 0.25) is 0 Å². The molecule has 0 saturated carbocycles. The second-order valence-corrected chi connectivity index (χ2v) is 3.68. The molecule has 0 aliphatic carbocycles. The lowest BCUT2D eigenvalue weighted by atomic mass is 10.1. The van der Waals surface area contributed by atoms with Crippen molar-refractivity contribution in [3.63, 3.8) is 0 Å². The summed E-state index contributed by atoms with van der Waals surface area (Å²) in [6.07, 6.45) is 0. The van der Waals surface area contributed by atoms with Gasteiger partial charge in [0.15, 0.2) is 0 Å². The van der Waals surface area contributed by atoms with Crippen LogP contribution in [0, 0.1) is 5.82 Å². The molecular formula is C10H7BrFN. The Bertz CT molecular complexity index is 468. The first-order chi connectivity index (χ1) is 6.18. The molecule has 0 spiro atoms. The summed E-state index contributed by atoms with van der Waals surface area (Å²) in [5.41, 5.74) is 6.30. The molecule has 2 rings (SSSR count). The van der Waals surface area contributed by atoms with Crippen molar-refractivity contribution in [2.45, 2.75) is 0 Å². The third kappa shape index (κ3) is 1.40. The summed E-state index contributed by atoms with van der Waals surface area (Å²) in [5.74, 6) is -0.266. The van der Waals surface area contributed by atoms with Gasteiger partial charge in [-0.1, -0.05) is 22.0 Å². The summed E-state index contributed by atoms with van der Waals surface area (Å²) in [6, 6.07) is 8.19. The van der Waals surface area contributed by atoms with E-state index in [-0.39, 0.29) is 5.82 Å². The zero-order chi connectivity index (χ0) is 9.42. The van der Waals surface area contributed by atoms with Crippen molar-refractivity contribution in [2.24, 2.45) is 0 Å². The minimum atomic E-state index is -0.266. The minimum absolute atomic E-state index is 0.266. The van der Waals surface area contributed by atoms with Gasteiger partial charge in [-0.05, 0) is 29.7 Å². The fourth-order valence-corrected chi connectivity index (χ4v) is 1.78. The van der Waals surface area contributed by atoms with Crippen molar-refractivity contribution in [3.05, 3.63) is 40.6 Å². The van der Waals surface area contributed by atoms with Crippen LogP contribution in [0.2, 0.25) is 0 Å². The molecule has 1 nitrogen and oxygen atoms in total. The number of hydrogen-bond donors (Lipinski definition) is 1. The van der Waals surface area contributed by atoms with Gasteiger partial charge in [0.1, 0.15) is 5.82 Å². The lowest BCUT2D eigenvalue weighted by Crippen LogP contribution is -1.87. The van der Waals surface area contributed by atoms with Gasteiger partial charge < -0.3 is 5.73 Å². The number of hydrogen-bond acceptors (Lipinski definition) is 1. The number of nitrogens with two attached hydrogens (primary N) is 1. The topological polar surface area (TPSA) is 26.0 Å². The molecule has 66 valence electrons. The molecule has 0 aliphatic rings. The summed E-state index contributed by atoms with van der Waals surface area (Å²) >= 11 is 3.38. The molecule has 0 fully saturated rings. The highest BCUT2D eigenvalue weighted by Crippen LogP contribution is 2.28. The van der Waals surface area contributed by atoms with E-state index in [0.29, 0.717) is 5.69 Å². The molecule has 0 unspecified atom stereocenters. The molecule has 0 aromatic heterocycles. The number of fused-ring (bicyclic) bond motifs is 1. The zero-order valence-electron chi connectivity index (χ0n) is 6.72. The van der Waals surface area contributed by atoms with Gasteiger partial charge in [0, 0.05) is 15.5 Å². The number of benzene rings is 2. The van der Waals surface area contributed by atoms with Crippen molar-refractivity contribution < 1.29 is 4.39 Å². The van der Waals surface area contributed by atoms with E-state index in [2.05, 4.69) is 15.9 Å². The maximum absolute atomic E-state index is 12.9. The third-order valence-electron chi connectivity index (χ3n) is 1.96. The van der Waals surface area contributed by atoms with Gasteiger partial charge in [-0.2, -0.15) is 0 Å². The normalized spacial score (nSPS) is 10.6. The summed E-state index contributed by atoms with van der Waals surface area (Å²) < 4.78 is 13.8. The highest BCUT2D eigenvalue weighted by Gasteiger charge is 2.02. The second-order valence-electron chi connectivity index (χ2n) is 2.83. The predicted molar refractivity (Wildman–Crippen MR) is 56.0 cm³/mol. The van der Waals surface area contributed by atoms with Gasteiger partial charge in [-0.15, -0.1) is 0 Å². The molecule has 2 N–H and O–H groups in total. The third-order valence-corrected chi connectivity index (χ3v) is 2.65. The zero-order valence-corrected chi connectivity index (χ0v) is 8.31. The molecule has 0 bridgehead atoms. The number of rotatable bonds is 0. The van der Waals surface area contributed by atoms with Gasteiger partial charge >= 0.3 is 0 Å². The average Bonchev–Trinajstić information content (AvgIpc) is 2.12. The first-order valence-corrected chi connectivity index (χ1v) is 4.61. The molecule has 2 aromatic rings. The molecule has 2 aromatic carbocycles. The second kappa shape index (κ2) is 3.00. The van der Waals surface area contributed by atoms with E-state index in [9.17, 15) is 4.39 Å². The van der Waals surface area contributed by atoms with Gasteiger partial charge in [0.25, 0.3) is 0 Å². The summed E-state index contributed by atoms with van der Waals surface area (Å²) in [5, 5.41) is 1.68. The van der Waals surface area contributed by atoms with E-state index >= 15 is 0 Å². The van der Waals surface area contributed by atoms with Crippen LogP contribution in [0.25, 0.3) is 10.8 Å². The van der Waals surface area contributed by atoms with Crippen molar-refractivity contribution in [1.82, 2.24) is 0 Å². The van der Waals surface area contributed by atoms with Gasteiger partial charge in [-0.25, -0.2) is 4.39 Å². The molecule has 0 radical (unpaired) electrons. The predicted octanol–water partition coefficient (Wildman–Crippen LogP) is 3.32. The Kier molecular flexibility index (Phi) is 1.96. The van der Waals surface area contributed by atoms with E-state index in [0.717, 1.165) is 15.2 Å². The lowest BCUT2D eigenvalue weighted by Gasteiger charge is -2.03. The van der Waals surface area contributed by atoms with E-state index in [4.69, 9.17) is 5.73 Å². The maximum atomic E-state index is 12.9. The molecule has 0 atom stereocenters. The largest absolute Gasteiger partial charge is 0.398 e. The van der Waals surface area contributed by atoms with Crippen LogP contribution in [-0.4, -0.2) is 0 Å². The molecule has 0 saturated heterocycles. The van der Waals surface area contributed by atoms with E-state index in [1.54, 1.807) is 12.1 Å².